The molecular weight excluding hydrogens is 498 g/mol. The average Bonchev–Trinajstić information content (AvgIpc) is 3.40. The van der Waals surface area contributed by atoms with Crippen LogP contribution >= 0.6 is 0 Å². The molecule has 2 aromatic rings. The molecule has 0 radical (unpaired) electrons. The molecule has 4 aliphatic rings. The molecule has 4 fully saturated rings. The van der Waals surface area contributed by atoms with Crippen LogP contribution in [0.4, 0.5) is 0 Å². The number of aliphatic hydroxyl groups excluding tert-OH is 1. The molecule has 3 aliphatic carbocycles. The van der Waals surface area contributed by atoms with Gasteiger partial charge in [-0.1, -0.05) is 62.4 Å². The van der Waals surface area contributed by atoms with Crippen molar-refractivity contribution in [2.75, 3.05) is 6.61 Å². The quantitative estimate of drug-likeness (QED) is 0.488. The van der Waals surface area contributed by atoms with E-state index in [0.29, 0.717) is 30.4 Å². The predicted octanol–water partition coefficient (Wildman–Crippen LogP) is 3.18. The summed E-state index contributed by atoms with van der Waals surface area (Å²) in [5.41, 5.74) is -2.38. The second kappa shape index (κ2) is 8.63. The van der Waals surface area contributed by atoms with Crippen molar-refractivity contribution in [2.24, 2.45) is 28.1 Å². The van der Waals surface area contributed by atoms with Crippen molar-refractivity contribution in [2.45, 2.75) is 63.9 Å². The first-order valence-electron chi connectivity index (χ1n) is 13.6. The number of carbonyl (C=O) groups excluding carboxylic acids is 3. The summed E-state index contributed by atoms with van der Waals surface area (Å²) in [6, 6.07) is 16.3. The summed E-state index contributed by atoms with van der Waals surface area (Å²) in [7, 11) is 0. The molecule has 1 heterocycles. The Balaban J connectivity index is 1.30. The molecule has 2 aromatic carbocycles. The molecule has 8 nitrogen and oxygen atoms in total. The zero-order valence-electron chi connectivity index (χ0n) is 22.4. The molecule has 8 heteroatoms. The number of hydrogen-bond donors (Lipinski definition) is 3. The van der Waals surface area contributed by atoms with Gasteiger partial charge in [0, 0.05) is 11.5 Å². The third-order valence-corrected chi connectivity index (χ3v) is 9.99. The van der Waals surface area contributed by atoms with Gasteiger partial charge in [0.05, 0.1) is 17.1 Å². The monoisotopic (exact) mass is 533 g/mol. The third-order valence-electron chi connectivity index (χ3n) is 9.99. The number of rotatable bonds is 6. The van der Waals surface area contributed by atoms with E-state index < -0.39 is 52.5 Å². The minimum Gasteiger partial charge on any atom is -0.464 e. The Morgan fingerprint density at radius 2 is 1.67 bits per heavy atom. The van der Waals surface area contributed by atoms with Gasteiger partial charge < -0.3 is 25.0 Å². The summed E-state index contributed by atoms with van der Waals surface area (Å²) in [6.07, 6.45) is -0.607. The van der Waals surface area contributed by atoms with Crippen LogP contribution in [0.1, 0.15) is 62.0 Å². The maximum absolute atomic E-state index is 13.7. The van der Waals surface area contributed by atoms with E-state index in [0.717, 1.165) is 0 Å². The summed E-state index contributed by atoms with van der Waals surface area (Å²) >= 11 is 0. The van der Waals surface area contributed by atoms with Crippen molar-refractivity contribution in [1.82, 2.24) is 5.32 Å². The fourth-order valence-corrected chi connectivity index (χ4v) is 8.13. The topological polar surface area (TPSA) is 122 Å². The maximum atomic E-state index is 13.7. The highest BCUT2D eigenvalue weighted by Crippen LogP contribution is 2.82. The molecular formula is C31H35NO7. The molecule has 0 bridgehead atoms. The van der Waals surface area contributed by atoms with Gasteiger partial charge in [-0.25, -0.2) is 4.79 Å². The molecule has 6 rings (SSSR count). The molecule has 0 aromatic heterocycles. The lowest BCUT2D eigenvalue weighted by atomic mass is 9.60. The standard InChI is InChI=1S/C31H35NO7/c1-28(2)14-20-21(15-28)29(3,37)31-16-30(31,17-38-27(31)36)24(20)39-26(35)23(33)22(18-10-6-4-7-11-18)32-25(34)19-12-8-5-9-13-19/h4-13,20-24,33,37H,14-17H2,1-3H3,(H,32,34)/t20-,21+,22+,23-,24-,29-,30-,31+/m1/s1. The summed E-state index contributed by atoms with van der Waals surface area (Å²) < 4.78 is 11.6. The van der Waals surface area contributed by atoms with Gasteiger partial charge in [-0.2, -0.15) is 0 Å². The molecule has 206 valence electrons. The summed E-state index contributed by atoms with van der Waals surface area (Å²) in [5, 5.41) is 25.9. The zero-order valence-corrected chi connectivity index (χ0v) is 22.4. The van der Waals surface area contributed by atoms with Gasteiger partial charge in [0.15, 0.2) is 6.10 Å². The van der Waals surface area contributed by atoms with Crippen molar-refractivity contribution < 1.29 is 34.1 Å². The van der Waals surface area contributed by atoms with Crippen molar-refractivity contribution in [1.29, 1.82) is 0 Å². The van der Waals surface area contributed by atoms with Crippen molar-refractivity contribution >= 4 is 17.8 Å². The fourth-order valence-electron chi connectivity index (χ4n) is 8.13. The lowest BCUT2D eigenvalue weighted by Crippen LogP contribution is -2.59. The van der Waals surface area contributed by atoms with Gasteiger partial charge in [0.2, 0.25) is 0 Å². The molecule has 0 spiro atoms. The highest BCUT2D eigenvalue weighted by Gasteiger charge is 2.91. The van der Waals surface area contributed by atoms with Crippen LogP contribution in [-0.4, -0.2) is 52.5 Å². The first kappa shape index (κ1) is 26.0. The van der Waals surface area contributed by atoms with E-state index in [4.69, 9.17) is 9.47 Å². The average molecular weight is 534 g/mol. The molecule has 8 atom stereocenters. The molecule has 1 amide bonds. The largest absolute Gasteiger partial charge is 0.464 e. The Bertz CT molecular complexity index is 1310. The van der Waals surface area contributed by atoms with Crippen LogP contribution in [0.5, 0.6) is 0 Å². The van der Waals surface area contributed by atoms with Crippen LogP contribution in [0.3, 0.4) is 0 Å². The van der Waals surface area contributed by atoms with Crippen molar-refractivity contribution in [3.63, 3.8) is 0 Å². The highest BCUT2D eigenvalue weighted by atomic mass is 16.6. The highest BCUT2D eigenvalue weighted by molar-refractivity contribution is 5.95. The second-order valence-electron chi connectivity index (χ2n) is 12.8. The van der Waals surface area contributed by atoms with E-state index in [1.165, 1.54) is 0 Å². The van der Waals surface area contributed by atoms with Crippen LogP contribution in [0.25, 0.3) is 0 Å². The van der Waals surface area contributed by atoms with Crippen LogP contribution in [-0.2, 0) is 19.1 Å². The smallest absolute Gasteiger partial charge is 0.337 e. The molecule has 1 aliphatic heterocycles. The van der Waals surface area contributed by atoms with Crippen LogP contribution in [0.15, 0.2) is 60.7 Å². The number of ether oxygens (including phenoxy) is 2. The first-order chi connectivity index (χ1) is 18.4. The molecule has 39 heavy (non-hydrogen) atoms. The first-order valence-corrected chi connectivity index (χ1v) is 13.6. The summed E-state index contributed by atoms with van der Waals surface area (Å²) in [6.45, 7) is 6.05. The van der Waals surface area contributed by atoms with Crippen LogP contribution in [0, 0.1) is 28.1 Å². The minimum absolute atomic E-state index is 0.0759. The van der Waals surface area contributed by atoms with E-state index in [-0.39, 0.29) is 23.9 Å². The van der Waals surface area contributed by atoms with Crippen molar-refractivity contribution in [3.8, 4) is 0 Å². The number of benzene rings is 2. The number of fused-ring (bicyclic) bond motifs is 1. The minimum atomic E-state index is -1.70. The fraction of sp³-hybridized carbons (Fsp3) is 0.516. The molecule has 3 N–H and O–H groups in total. The van der Waals surface area contributed by atoms with Gasteiger partial charge in [-0.05, 0) is 55.2 Å². The Morgan fingerprint density at radius 1 is 1.03 bits per heavy atom. The Kier molecular flexibility index (Phi) is 5.76. The second-order valence-corrected chi connectivity index (χ2v) is 12.8. The number of carbonyl (C=O) groups is 3. The lowest BCUT2D eigenvalue weighted by Gasteiger charge is -2.48. The van der Waals surface area contributed by atoms with E-state index in [9.17, 15) is 24.6 Å². The molecule has 0 unspecified atom stereocenters. The third kappa shape index (κ3) is 3.68. The van der Waals surface area contributed by atoms with Crippen molar-refractivity contribution in [3.05, 3.63) is 71.8 Å². The van der Waals surface area contributed by atoms with Crippen LogP contribution in [0.2, 0.25) is 0 Å². The van der Waals surface area contributed by atoms with Gasteiger partial charge >= 0.3 is 11.9 Å². The maximum Gasteiger partial charge on any atom is 0.337 e. The van der Waals surface area contributed by atoms with Gasteiger partial charge in [-0.15, -0.1) is 0 Å². The Morgan fingerprint density at radius 3 is 2.33 bits per heavy atom. The number of cyclic esters (lactones) is 1. The normalized spacial score (nSPS) is 36.9. The number of hydrogen-bond acceptors (Lipinski definition) is 7. The number of nitrogens with one attached hydrogen (secondary N) is 1. The van der Waals surface area contributed by atoms with Gasteiger partial charge in [0.1, 0.15) is 18.1 Å². The SMILES string of the molecule is CC1(C)C[C@H]2[C@@H](OC(=O)[C@H](O)[C@@H](NC(=O)c3ccccc3)c3ccccc3)[C@@]34COC(=O)[C@@]3(C4)[C@](C)(O)[C@H]2C1. The number of esters is 2. The van der Waals surface area contributed by atoms with E-state index >= 15 is 0 Å². The van der Waals surface area contributed by atoms with E-state index in [2.05, 4.69) is 19.2 Å². The molecule has 1 saturated heterocycles. The van der Waals surface area contributed by atoms with E-state index in [1.54, 1.807) is 61.5 Å². The molecule has 3 saturated carbocycles. The van der Waals surface area contributed by atoms with Gasteiger partial charge in [0.25, 0.3) is 5.91 Å². The Labute approximate surface area is 227 Å². The van der Waals surface area contributed by atoms with Gasteiger partial charge in [-0.3, -0.25) is 9.59 Å². The van der Waals surface area contributed by atoms with Crippen LogP contribution < -0.4 is 5.32 Å². The number of aliphatic hydroxyl groups is 2. The Hall–Kier alpha value is -3.23. The zero-order chi connectivity index (χ0) is 27.8. The number of amides is 1. The van der Waals surface area contributed by atoms with E-state index in [1.807, 2.05) is 6.07 Å². The summed E-state index contributed by atoms with van der Waals surface area (Å²) in [5.74, 6) is -2.19. The summed E-state index contributed by atoms with van der Waals surface area (Å²) in [4.78, 5) is 39.7. The predicted molar refractivity (Wildman–Crippen MR) is 140 cm³/mol. The lowest BCUT2D eigenvalue weighted by molar-refractivity contribution is -0.193.